The zero-order chi connectivity index (χ0) is 36.5. The van der Waals surface area contributed by atoms with Gasteiger partial charge in [-0.1, -0.05) is 85.8 Å². The van der Waals surface area contributed by atoms with E-state index in [0.717, 1.165) is 45.0 Å². The Hall–Kier alpha value is -4.50. The number of hydrogen-bond donors (Lipinski definition) is 2. The Morgan fingerprint density at radius 2 is 1.42 bits per heavy atom. The lowest BCUT2D eigenvalue weighted by molar-refractivity contribution is -0.137. The minimum atomic E-state index is -4.54. The highest BCUT2D eigenvalue weighted by atomic mass is 19.4. The maximum Gasteiger partial charge on any atom is 0.416 e. The summed E-state index contributed by atoms with van der Waals surface area (Å²) in [6.07, 6.45) is 2.83. The highest BCUT2D eigenvalue weighted by Crippen LogP contribution is 2.35. The van der Waals surface area contributed by atoms with E-state index in [4.69, 9.17) is 9.47 Å². The lowest BCUT2D eigenvalue weighted by atomic mass is 9.89. The molecule has 0 saturated carbocycles. The SMILES string of the molecule is C=C(C)[C@](CC)(CO)NCc1ccc(C(F)(F)F)c(/C=C/c2cccc(-c3cccc(/C=C/c4cc(OCCOC)ccc4F)c3C)c2C)c1. The molecule has 8 heteroatoms. The van der Waals surface area contributed by atoms with E-state index in [1.807, 2.05) is 70.2 Å². The van der Waals surface area contributed by atoms with E-state index in [1.165, 1.54) is 24.3 Å². The van der Waals surface area contributed by atoms with Gasteiger partial charge in [-0.3, -0.25) is 0 Å². The van der Waals surface area contributed by atoms with Crippen LogP contribution in [0.4, 0.5) is 17.6 Å². The van der Waals surface area contributed by atoms with Crippen LogP contribution in [0.15, 0.2) is 84.9 Å². The Bertz CT molecular complexity index is 1850. The zero-order valence-electron chi connectivity index (χ0n) is 29.3. The second kappa shape index (κ2) is 16.9. The first-order chi connectivity index (χ1) is 23.8. The molecule has 4 rings (SSSR count). The van der Waals surface area contributed by atoms with Gasteiger partial charge in [-0.2, -0.15) is 13.2 Å². The van der Waals surface area contributed by atoms with E-state index in [1.54, 1.807) is 31.4 Å². The number of alkyl halides is 3. The number of ether oxygens (including phenoxy) is 2. The second-order valence-corrected chi connectivity index (χ2v) is 12.4. The van der Waals surface area contributed by atoms with E-state index in [9.17, 15) is 22.7 Å². The molecular weight excluding hydrogens is 642 g/mol. The smallest absolute Gasteiger partial charge is 0.416 e. The number of hydrogen-bond acceptors (Lipinski definition) is 4. The van der Waals surface area contributed by atoms with Crippen molar-refractivity contribution in [1.29, 1.82) is 0 Å². The number of aliphatic hydroxyl groups is 1. The molecule has 1 atom stereocenters. The number of nitrogens with one attached hydrogen (secondary N) is 1. The number of halogens is 4. The van der Waals surface area contributed by atoms with Gasteiger partial charge in [0, 0.05) is 19.2 Å². The molecule has 0 amide bonds. The van der Waals surface area contributed by atoms with Crippen LogP contribution in [0.2, 0.25) is 0 Å². The maximum atomic E-state index is 14.6. The molecule has 0 bridgehead atoms. The summed E-state index contributed by atoms with van der Waals surface area (Å²) in [7, 11) is 1.59. The molecule has 0 saturated heterocycles. The van der Waals surface area contributed by atoms with Crippen molar-refractivity contribution in [2.75, 3.05) is 26.9 Å². The van der Waals surface area contributed by atoms with E-state index in [-0.39, 0.29) is 24.5 Å². The summed E-state index contributed by atoms with van der Waals surface area (Å²) in [5.41, 5.74) is 5.85. The lowest BCUT2D eigenvalue weighted by Gasteiger charge is -2.33. The van der Waals surface area contributed by atoms with Crippen LogP contribution >= 0.6 is 0 Å². The largest absolute Gasteiger partial charge is 0.491 e. The van der Waals surface area contributed by atoms with Crippen molar-refractivity contribution in [2.45, 2.75) is 52.4 Å². The average molecular weight is 688 g/mol. The van der Waals surface area contributed by atoms with Crippen LogP contribution in [0.5, 0.6) is 5.75 Å². The molecular formula is C42H45F4NO3. The molecule has 50 heavy (non-hydrogen) atoms. The summed E-state index contributed by atoms with van der Waals surface area (Å²) < 4.78 is 67.6. The average Bonchev–Trinajstić information content (AvgIpc) is 3.09. The van der Waals surface area contributed by atoms with E-state index < -0.39 is 17.3 Å². The molecule has 0 aliphatic carbocycles. The number of rotatable bonds is 15. The molecule has 0 aliphatic heterocycles. The Morgan fingerprint density at radius 1 is 0.820 bits per heavy atom. The molecule has 0 unspecified atom stereocenters. The monoisotopic (exact) mass is 687 g/mol. The van der Waals surface area contributed by atoms with Crippen molar-refractivity contribution >= 4 is 24.3 Å². The first-order valence-electron chi connectivity index (χ1n) is 16.5. The quantitative estimate of drug-likeness (QED) is 0.0565. The molecule has 0 spiro atoms. The number of aliphatic hydroxyl groups excluding tert-OH is 1. The minimum Gasteiger partial charge on any atom is -0.491 e. The van der Waals surface area contributed by atoms with Gasteiger partial charge in [0.2, 0.25) is 0 Å². The first-order valence-corrected chi connectivity index (χ1v) is 16.5. The van der Waals surface area contributed by atoms with E-state index in [0.29, 0.717) is 36.5 Å². The summed E-state index contributed by atoms with van der Waals surface area (Å²) in [6, 6.07) is 20.3. The fourth-order valence-corrected chi connectivity index (χ4v) is 5.86. The normalized spacial score (nSPS) is 13.2. The van der Waals surface area contributed by atoms with Crippen LogP contribution in [0, 0.1) is 19.7 Å². The predicted molar refractivity (Wildman–Crippen MR) is 196 cm³/mol. The first kappa shape index (κ1) is 38.3. The Kier molecular flexibility index (Phi) is 13.0. The van der Waals surface area contributed by atoms with Gasteiger partial charge in [-0.25, -0.2) is 4.39 Å². The Balaban J connectivity index is 1.64. The van der Waals surface area contributed by atoms with Gasteiger partial charge in [0.05, 0.1) is 24.3 Å². The third kappa shape index (κ3) is 9.18. The van der Waals surface area contributed by atoms with Crippen LogP contribution < -0.4 is 10.1 Å². The molecule has 0 heterocycles. The summed E-state index contributed by atoms with van der Waals surface area (Å²) in [5.74, 6) is 0.175. The third-order valence-corrected chi connectivity index (χ3v) is 9.19. The number of methoxy groups -OCH3 is 1. The van der Waals surface area contributed by atoms with Crippen LogP contribution in [0.25, 0.3) is 35.4 Å². The van der Waals surface area contributed by atoms with Crippen LogP contribution in [0.1, 0.15) is 64.8 Å². The minimum absolute atomic E-state index is 0.0479. The van der Waals surface area contributed by atoms with Crippen LogP contribution in [0.3, 0.4) is 0 Å². The fraction of sp³-hybridized carbons (Fsp3) is 0.286. The standard InChI is InChI=1S/C42H45F4NO3/c1-7-41(27-48,28(2)3)47-26-31-14-20-39(42(44,45)46)34(24-31)17-15-32-10-8-12-37(29(32)4)38-13-9-11-33(30(38)5)16-18-35-25-36(19-21-40(35)43)50-23-22-49-6/h8-21,24-25,47-48H,2,7,22-23,26-27H2,1,3-6H3/b17-15+,18-16+/t41-/m0/s1. The molecule has 264 valence electrons. The maximum absolute atomic E-state index is 14.6. The third-order valence-electron chi connectivity index (χ3n) is 9.19. The summed E-state index contributed by atoms with van der Waals surface area (Å²) in [4.78, 5) is 0. The molecule has 4 nitrogen and oxygen atoms in total. The molecule has 0 radical (unpaired) electrons. The Morgan fingerprint density at radius 3 is 1.96 bits per heavy atom. The van der Waals surface area contributed by atoms with Gasteiger partial charge in [-0.05, 0) is 102 Å². The Labute approximate surface area is 292 Å². The molecule has 0 aromatic heterocycles. The summed E-state index contributed by atoms with van der Waals surface area (Å²) in [6.45, 7) is 12.5. The highest BCUT2D eigenvalue weighted by molar-refractivity contribution is 5.82. The second-order valence-electron chi connectivity index (χ2n) is 12.4. The molecule has 4 aromatic carbocycles. The highest BCUT2D eigenvalue weighted by Gasteiger charge is 2.33. The van der Waals surface area contributed by atoms with Gasteiger partial charge in [0.15, 0.2) is 0 Å². The summed E-state index contributed by atoms with van der Waals surface area (Å²) >= 11 is 0. The molecule has 0 fully saturated rings. The lowest BCUT2D eigenvalue weighted by Crippen LogP contribution is -2.48. The fourth-order valence-electron chi connectivity index (χ4n) is 5.86. The van der Waals surface area contributed by atoms with Crippen LogP contribution in [-0.4, -0.2) is 37.6 Å². The predicted octanol–water partition coefficient (Wildman–Crippen LogP) is 10.3. The van der Waals surface area contributed by atoms with Crippen molar-refractivity contribution in [2.24, 2.45) is 0 Å². The topological polar surface area (TPSA) is 50.7 Å². The molecule has 0 aliphatic rings. The van der Waals surface area contributed by atoms with Crippen molar-refractivity contribution < 1.29 is 32.1 Å². The van der Waals surface area contributed by atoms with Gasteiger partial charge in [0.1, 0.15) is 18.2 Å². The van der Waals surface area contributed by atoms with E-state index in [2.05, 4.69) is 11.9 Å². The summed E-state index contributed by atoms with van der Waals surface area (Å²) in [5, 5.41) is 13.3. The van der Waals surface area contributed by atoms with Gasteiger partial charge in [0.25, 0.3) is 0 Å². The van der Waals surface area contributed by atoms with Crippen molar-refractivity contribution in [3.05, 3.63) is 135 Å². The molecule has 2 N–H and O–H groups in total. The van der Waals surface area contributed by atoms with Crippen molar-refractivity contribution in [1.82, 2.24) is 5.32 Å². The van der Waals surface area contributed by atoms with Gasteiger partial charge in [-0.15, -0.1) is 0 Å². The van der Waals surface area contributed by atoms with Crippen LogP contribution in [-0.2, 0) is 17.5 Å². The van der Waals surface area contributed by atoms with E-state index >= 15 is 0 Å². The number of benzene rings is 4. The zero-order valence-corrected chi connectivity index (χ0v) is 29.3. The van der Waals surface area contributed by atoms with Crippen molar-refractivity contribution in [3.63, 3.8) is 0 Å². The van der Waals surface area contributed by atoms with Crippen molar-refractivity contribution in [3.8, 4) is 16.9 Å². The van der Waals surface area contributed by atoms with Gasteiger partial charge >= 0.3 is 6.18 Å². The molecule has 4 aromatic rings. The van der Waals surface area contributed by atoms with Gasteiger partial charge < -0.3 is 19.9 Å².